The van der Waals surface area contributed by atoms with E-state index < -0.39 is 5.97 Å². The van der Waals surface area contributed by atoms with Crippen LogP contribution < -0.4 is 5.11 Å². The van der Waals surface area contributed by atoms with Gasteiger partial charge in [-0.1, -0.05) is 24.3 Å². The van der Waals surface area contributed by atoms with Crippen molar-refractivity contribution in [3.05, 3.63) is 54.1 Å². The van der Waals surface area contributed by atoms with Crippen LogP contribution in [0.1, 0.15) is 10.4 Å². The van der Waals surface area contributed by atoms with E-state index in [0.29, 0.717) is 5.69 Å². The second kappa shape index (κ2) is 5.09. The summed E-state index contributed by atoms with van der Waals surface area (Å²) >= 11 is 0. The monoisotopic (exact) mass is 241 g/mol. The maximum absolute atomic E-state index is 10.9. The van der Waals surface area contributed by atoms with Crippen molar-refractivity contribution >= 4 is 17.3 Å². The summed E-state index contributed by atoms with van der Waals surface area (Å²) in [6, 6.07) is 12.1. The van der Waals surface area contributed by atoms with Gasteiger partial charge in [-0.2, -0.15) is 5.11 Å². The Balaban J connectivity index is 2.29. The minimum Gasteiger partial charge on any atom is -0.872 e. The Morgan fingerprint density at radius 3 is 2.33 bits per heavy atom. The molecule has 0 unspecified atom stereocenters. The SMILES string of the molecule is O=C(O)c1ccccc1N=Nc1ccc([O-])cc1. The first-order valence-corrected chi connectivity index (χ1v) is 5.18. The number of carbonyl (C=O) groups is 1. The van der Waals surface area contributed by atoms with Crippen LogP contribution in [0.15, 0.2) is 58.8 Å². The quantitative estimate of drug-likeness (QED) is 0.838. The molecular formula is C13H9N2O3-. The Hall–Kier alpha value is -2.69. The largest absolute Gasteiger partial charge is 0.872 e. The van der Waals surface area contributed by atoms with Crippen molar-refractivity contribution in [2.75, 3.05) is 0 Å². The number of rotatable bonds is 3. The molecule has 0 bridgehead atoms. The van der Waals surface area contributed by atoms with Gasteiger partial charge in [-0.15, -0.1) is 10.9 Å². The second-order valence-corrected chi connectivity index (χ2v) is 3.52. The smallest absolute Gasteiger partial charge is 0.337 e. The van der Waals surface area contributed by atoms with E-state index in [2.05, 4.69) is 10.2 Å². The van der Waals surface area contributed by atoms with Gasteiger partial charge in [0.05, 0.1) is 11.3 Å². The van der Waals surface area contributed by atoms with Gasteiger partial charge in [0.25, 0.3) is 0 Å². The lowest BCUT2D eigenvalue weighted by Crippen LogP contribution is -1.95. The topological polar surface area (TPSA) is 85.1 Å². The molecule has 0 saturated heterocycles. The summed E-state index contributed by atoms with van der Waals surface area (Å²) in [5.41, 5.74) is 0.854. The number of carboxylic acid groups (broad SMARTS) is 1. The fourth-order valence-corrected chi connectivity index (χ4v) is 1.37. The molecule has 0 aliphatic heterocycles. The predicted molar refractivity (Wildman–Crippen MR) is 63.5 cm³/mol. The molecule has 90 valence electrons. The minimum atomic E-state index is -1.06. The molecule has 2 aromatic rings. The first-order chi connectivity index (χ1) is 8.66. The number of azo groups is 1. The van der Waals surface area contributed by atoms with Gasteiger partial charge in [0.15, 0.2) is 0 Å². The highest BCUT2D eigenvalue weighted by atomic mass is 16.4. The zero-order chi connectivity index (χ0) is 13.0. The van der Waals surface area contributed by atoms with Crippen LogP contribution in [0.2, 0.25) is 0 Å². The van der Waals surface area contributed by atoms with Crippen molar-refractivity contribution in [2.24, 2.45) is 10.2 Å². The molecule has 0 fully saturated rings. The van der Waals surface area contributed by atoms with E-state index in [0.717, 1.165) is 0 Å². The standard InChI is InChI=1S/C13H10N2O3/c16-10-7-5-9(6-8-10)14-15-12-4-2-1-3-11(12)13(17)18/h1-8,16H,(H,17,18)/p-1. The molecule has 2 rings (SSSR count). The van der Waals surface area contributed by atoms with E-state index in [9.17, 15) is 9.90 Å². The molecule has 0 atom stereocenters. The number of aromatic carboxylic acids is 1. The van der Waals surface area contributed by atoms with E-state index in [1.807, 2.05) is 0 Å². The molecule has 0 radical (unpaired) electrons. The van der Waals surface area contributed by atoms with Gasteiger partial charge in [0.1, 0.15) is 5.69 Å². The molecule has 0 aliphatic rings. The molecule has 0 spiro atoms. The maximum Gasteiger partial charge on any atom is 0.337 e. The van der Waals surface area contributed by atoms with E-state index in [-0.39, 0.29) is 17.0 Å². The third-order valence-electron chi connectivity index (χ3n) is 2.24. The van der Waals surface area contributed by atoms with Gasteiger partial charge >= 0.3 is 5.97 Å². The van der Waals surface area contributed by atoms with Crippen LogP contribution in [0.5, 0.6) is 5.75 Å². The summed E-state index contributed by atoms with van der Waals surface area (Å²) < 4.78 is 0. The molecule has 0 aliphatic carbocycles. The van der Waals surface area contributed by atoms with E-state index in [4.69, 9.17) is 5.11 Å². The van der Waals surface area contributed by atoms with Crippen molar-refractivity contribution in [2.45, 2.75) is 0 Å². The lowest BCUT2D eigenvalue weighted by molar-refractivity contribution is -0.268. The summed E-state index contributed by atoms with van der Waals surface area (Å²) in [7, 11) is 0. The fraction of sp³-hybridized carbons (Fsp3) is 0. The Morgan fingerprint density at radius 2 is 1.67 bits per heavy atom. The summed E-state index contributed by atoms with van der Waals surface area (Å²) in [4.78, 5) is 10.9. The first kappa shape index (κ1) is 11.8. The van der Waals surface area contributed by atoms with Crippen molar-refractivity contribution in [3.8, 4) is 5.75 Å². The van der Waals surface area contributed by atoms with Gasteiger partial charge < -0.3 is 10.2 Å². The molecule has 0 aromatic heterocycles. The van der Waals surface area contributed by atoms with Gasteiger partial charge in [0.2, 0.25) is 0 Å². The van der Waals surface area contributed by atoms with Crippen LogP contribution >= 0.6 is 0 Å². The van der Waals surface area contributed by atoms with Gasteiger partial charge in [-0.05, 0) is 24.3 Å². The van der Waals surface area contributed by atoms with Crippen molar-refractivity contribution < 1.29 is 15.0 Å². The lowest BCUT2D eigenvalue weighted by Gasteiger charge is -2.02. The van der Waals surface area contributed by atoms with Crippen LogP contribution in [-0.4, -0.2) is 11.1 Å². The molecular weight excluding hydrogens is 232 g/mol. The average molecular weight is 241 g/mol. The van der Waals surface area contributed by atoms with Gasteiger partial charge in [-0.3, -0.25) is 0 Å². The highest BCUT2D eigenvalue weighted by Gasteiger charge is 2.07. The Morgan fingerprint density at radius 1 is 1.00 bits per heavy atom. The fourth-order valence-electron chi connectivity index (χ4n) is 1.37. The van der Waals surface area contributed by atoms with Gasteiger partial charge in [0, 0.05) is 0 Å². The molecule has 5 nitrogen and oxygen atoms in total. The van der Waals surface area contributed by atoms with E-state index in [1.54, 1.807) is 18.2 Å². The Labute approximate surface area is 103 Å². The number of hydrogen-bond acceptors (Lipinski definition) is 4. The van der Waals surface area contributed by atoms with Crippen molar-refractivity contribution in [1.82, 2.24) is 0 Å². The molecule has 18 heavy (non-hydrogen) atoms. The third kappa shape index (κ3) is 2.70. The van der Waals surface area contributed by atoms with Gasteiger partial charge in [-0.25, -0.2) is 4.79 Å². The summed E-state index contributed by atoms with van der Waals surface area (Å²) in [6.07, 6.45) is 0. The Bertz CT molecular complexity index is 591. The highest BCUT2D eigenvalue weighted by Crippen LogP contribution is 2.22. The maximum atomic E-state index is 10.9. The molecule has 0 amide bonds. The van der Waals surface area contributed by atoms with Crippen LogP contribution in [0.4, 0.5) is 11.4 Å². The molecule has 1 N–H and O–H groups in total. The van der Waals surface area contributed by atoms with Crippen LogP contribution in [-0.2, 0) is 0 Å². The predicted octanol–water partition coefficient (Wildman–Crippen LogP) is 2.87. The van der Waals surface area contributed by atoms with Crippen molar-refractivity contribution in [3.63, 3.8) is 0 Å². The number of nitrogens with zero attached hydrogens (tertiary/aromatic N) is 2. The van der Waals surface area contributed by atoms with Crippen molar-refractivity contribution in [1.29, 1.82) is 0 Å². The lowest BCUT2D eigenvalue weighted by atomic mass is 10.2. The third-order valence-corrected chi connectivity index (χ3v) is 2.24. The second-order valence-electron chi connectivity index (χ2n) is 3.52. The number of benzene rings is 2. The minimum absolute atomic E-state index is 0.0849. The van der Waals surface area contributed by atoms with Crippen LogP contribution in [0.3, 0.4) is 0 Å². The zero-order valence-electron chi connectivity index (χ0n) is 9.28. The van der Waals surface area contributed by atoms with Crippen LogP contribution in [0.25, 0.3) is 0 Å². The highest BCUT2D eigenvalue weighted by molar-refractivity contribution is 5.93. The van der Waals surface area contributed by atoms with E-state index >= 15 is 0 Å². The molecule has 0 saturated carbocycles. The zero-order valence-corrected chi connectivity index (χ0v) is 9.28. The first-order valence-electron chi connectivity index (χ1n) is 5.18. The number of hydrogen-bond donors (Lipinski definition) is 1. The molecule has 0 heterocycles. The normalized spacial score (nSPS) is 10.7. The average Bonchev–Trinajstić information content (AvgIpc) is 2.38. The summed E-state index contributed by atoms with van der Waals surface area (Å²) in [6.45, 7) is 0. The molecule has 5 heteroatoms. The number of carboxylic acids is 1. The van der Waals surface area contributed by atoms with Crippen LogP contribution in [0, 0.1) is 0 Å². The molecule has 2 aromatic carbocycles. The Kier molecular flexibility index (Phi) is 3.33. The van der Waals surface area contributed by atoms with E-state index in [1.165, 1.54) is 30.3 Å². The summed E-state index contributed by atoms with van der Waals surface area (Å²) in [5.74, 6) is -1.17. The summed E-state index contributed by atoms with van der Waals surface area (Å²) in [5, 5.41) is 27.6.